The molecule has 0 unspecified atom stereocenters. The van der Waals surface area contributed by atoms with Crippen LogP contribution in [0.4, 0.5) is 10.5 Å². The van der Waals surface area contributed by atoms with Gasteiger partial charge in [0.2, 0.25) is 0 Å². The Hall–Kier alpha value is -1.26. The predicted molar refractivity (Wildman–Crippen MR) is 99.8 cm³/mol. The van der Waals surface area contributed by atoms with Gasteiger partial charge in [-0.15, -0.1) is 0 Å². The zero-order chi connectivity index (χ0) is 16.9. The lowest BCUT2D eigenvalue weighted by atomic mass is 10.1. The Labute approximate surface area is 150 Å². The number of nitrogens with one attached hydrogen (secondary N) is 1. The fraction of sp³-hybridized carbons (Fsp3) is 0.632. The number of carbonyl (C=O) groups excluding carboxylic acids is 1. The van der Waals surface area contributed by atoms with Crippen LogP contribution in [-0.2, 0) is 0 Å². The number of nitrogens with zero attached hydrogens (tertiary/aromatic N) is 2. The van der Waals surface area contributed by atoms with Gasteiger partial charge in [-0.2, -0.15) is 0 Å². The van der Waals surface area contributed by atoms with Crippen molar-refractivity contribution in [2.45, 2.75) is 51.5 Å². The molecule has 1 N–H and O–H groups in total. The van der Waals surface area contributed by atoms with Gasteiger partial charge in [-0.3, -0.25) is 4.90 Å². The lowest BCUT2D eigenvalue weighted by Crippen LogP contribution is -2.52. The molecule has 2 aliphatic rings. The number of aryl methyl sites for hydroxylation is 1. The summed E-state index contributed by atoms with van der Waals surface area (Å²) in [5.74, 6) is 0. The first-order valence-corrected chi connectivity index (χ1v) is 9.57. The number of carbonyl (C=O) groups is 1. The highest BCUT2D eigenvalue weighted by Crippen LogP contribution is 2.23. The summed E-state index contributed by atoms with van der Waals surface area (Å²) in [6.45, 7) is 5.59. The van der Waals surface area contributed by atoms with Gasteiger partial charge in [-0.25, -0.2) is 4.79 Å². The molecule has 1 heterocycles. The summed E-state index contributed by atoms with van der Waals surface area (Å²) in [6.07, 6.45) is 8.16. The van der Waals surface area contributed by atoms with Crippen LogP contribution in [0, 0.1) is 6.92 Å². The van der Waals surface area contributed by atoms with E-state index in [0.29, 0.717) is 5.02 Å². The van der Waals surface area contributed by atoms with Crippen molar-refractivity contribution in [1.82, 2.24) is 9.80 Å². The van der Waals surface area contributed by atoms with E-state index >= 15 is 0 Å². The summed E-state index contributed by atoms with van der Waals surface area (Å²) < 4.78 is 0. The number of amides is 2. The van der Waals surface area contributed by atoms with Gasteiger partial charge in [-0.05, 0) is 43.5 Å². The maximum Gasteiger partial charge on any atom is 0.321 e. The number of rotatable bonds is 2. The summed E-state index contributed by atoms with van der Waals surface area (Å²) in [5, 5.41) is 3.72. The Morgan fingerprint density at radius 2 is 1.75 bits per heavy atom. The minimum Gasteiger partial charge on any atom is -0.322 e. The average Bonchev–Trinajstić information content (AvgIpc) is 2.87. The molecular weight excluding hydrogens is 322 g/mol. The molecule has 1 aliphatic carbocycles. The molecule has 1 saturated heterocycles. The Balaban J connectivity index is 1.51. The van der Waals surface area contributed by atoms with E-state index in [0.717, 1.165) is 43.5 Å². The number of benzene rings is 1. The molecule has 0 bridgehead atoms. The molecule has 1 aromatic carbocycles. The largest absolute Gasteiger partial charge is 0.322 e. The van der Waals surface area contributed by atoms with Crippen LogP contribution in [0.5, 0.6) is 0 Å². The van der Waals surface area contributed by atoms with Gasteiger partial charge in [0.1, 0.15) is 0 Å². The first-order valence-electron chi connectivity index (χ1n) is 9.19. The highest BCUT2D eigenvalue weighted by atomic mass is 35.5. The number of hydrogen-bond acceptors (Lipinski definition) is 2. The summed E-state index contributed by atoms with van der Waals surface area (Å²) in [6, 6.07) is 6.30. The lowest BCUT2D eigenvalue weighted by Gasteiger charge is -2.39. The summed E-state index contributed by atoms with van der Waals surface area (Å²) in [7, 11) is 0. The van der Waals surface area contributed by atoms with Crippen molar-refractivity contribution in [2.75, 3.05) is 31.5 Å². The fourth-order valence-electron chi connectivity index (χ4n) is 3.87. The molecule has 4 nitrogen and oxygen atoms in total. The predicted octanol–water partition coefficient (Wildman–Crippen LogP) is 4.52. The van der Waals surface area contributed by atoms with E-state index in [9.17, 15) is 4.79 Å². The van der Waals surface area contributed by atoms with E-state index in [4.69, 9.17) is 11.6 Å². The zero-order valence-corrected chi connectivity index (χ0v) is 15.3. The van der Waals surface area contributed by atoms with Crippen LogP contribution >= 0.6 is 11.6 Å². The number of piperazine rings is 1. The lowest BCUT2D eigenvalue weighted by molar-refractivity contribution is 0.105. The van der Waals surface area contributed by atoms with Gasteiger partial charge in [0.25, 0.3) is 0 Å². The molecule has 0 spiro atoms. The molecular formula is C19H28ClN3O. The van der Waals surface area contributed by atoms with Crippen LogP contribution in [0.2, 0.25) is 5.02 Å². The van der Waals surface area contributed by atoms with E-state index in [-0.39, 0.29) is 6.03 Å². The van der Waals surface area contributed by atoms with Gasteiger partial charge in [0, 0.05) is 42.9 Å². The van der Waals surface area contributed by atoms with Gasteiger partial charge in [-0.1, -0.05) is 37.3 Å². The molecule has 2 fully saturated rings. The quantitative estimate of drug-likeness (QED) is 0.797. The molecule has 24 heavy (non-hydrogen) atoms. The molecule has 0 atom stereocenters. The second-order valence-electron chi connectivity index (χ2n) is 7.06. The Morgan fingerprint density at radius 1 is 1.08 bits per heavy atom. The Kier molecular flexibility index (Phi) is 6.01. The third-order valence-corrected chi connectivity index (χ3v) is 5.61. The first-order chi connectivity index (χ1) is 11.6. The van der Waals surface area contributed by atoms with Crippen molar-refractivity contribution in [3.8, 4) is 0 Å². The number of anilines is 1. The normalized spacial score (nSPS) is 20.7. The van der Waals surface area contributed by atoms with Crippen molar-refractivity contribution in [1.29, 1.82) is 0 Å². The van der Waals surface area contributed by atoms with E-state index in [1.165, 1.54) is 38.5 Å². The first kappa shape index (κ1) is 17.6. The molecule has 5 heteroatoms. The van der Waals surface area contributed by atoms with Crippen LogP contribution in [-0.4, -0.2) is 48.1 Å². The van der Waals surface area contributed by atoms with Crippen molar-refractivity contribution in [3.05, 3.63) is 28.8 Å². The van der Waals surface area contributed by atoms with Crippen LogP contribution in [0.25, 0.3) is 0 Å². The van der Waals surface area contributed by atoms with E-state index < -0.39 is 0 Å². The molecule has 1 aromatic rings. The van der Waals surface area contributed by atoms with Crippen LogP contribution < -0.4 is 5.32 Å². The SMILES string of the molecule is Cc1cc(Cl)ccc1NC(=O)N1CCN(C2CCCCCC2)CC1. The third kappa shape index (κ3) is 4.42. The van der Waals surface area contributed by atoms with Crippen LogP contribution in [0.3, 0.4) is 0 Å². The molecule has 132 valence electrons. The van der Waals surface area contributed by atoms with Gasteiger partial charge < -0.3 is 10.2 Å². The van der Waals surface area contributed by atoms with Crippen molar-refractivity contribution in [2.24, 2.45) is 0 Å². The van der Waals surface area contributed by atoms with Crippen LogP contribution in [0.15, 0.2) is 18.2 Å². The molecule has 0 aromatic heterocycles. The standard InChI is InChI=1S/C19H28ClN3O/c1-15-14-16(20)8-9-18(15)21-19(24)23-12-10-22(11-13-23)17-6-4-2-3-5-7-17/h8-9,14,17H,2-7,10-13H2,1H3,(H,21,24). The maximum atomic E-state index is 12.5. The van der Waals surface area contributed by atoms with Gasteiger partial charge in [0.15, 0.2) is 0 Å². The highest BCUT2D eigenvalue weighted by Gasteiger charge is 2.26. The van der Waals surface area contributed by atoms with E-state index in [2.05, 4.69) is 10.2 Å². The van der Waals surface area contributed by atoms with Crippen molar-refractivity contribution in [3.63, 3.8) is 0 Å². The smallest absolute Gasteiger partial charge is 0.321 e. The minimum absolute atomic E-state index is 0.000869. The Morgan fingerprint density at radius 3 is 2.38 bits per heavy atom. The summed E-state index contributed by atoms with van der Waals surface area (Å²) >= 11 is 5.97. The Bertz CT molecular complexity index is 562. The van der Waals surface area contributed by atoms with Gasteiger partial charge >= 0.3 is 6.03 Å². The highest BCUT2D eigenvalue weighted by molar-refractivity contribution is 6.30. The fourth-order valence-corrected chi connectivity index (χ4v) is 4.10. The van der Waals surface area contributed by atoms with E-state index in [1.807, 2.05) is 30.0 Å². The van der Waals surface area contributed by atoms with Crippen molar-refractivity contribution >= 4 is 23.3 Å². The monoisotopic (exact) mass is 349 g/mol. The van der Waals surface area contributed by atoms with Crippen molar-refractivity contribution < 1.29 is 4.79 Å². The molecule has 3 rings (SSSR count). The minimum atomic E-state index is 0.000869. The number of hydrogen-bond donors (Lipinski definition) is 1. The third-order valence-electron chi connectivity index (χ3n) is 5.37. The zero-order valence-electron chi connectivity index (χ0n) is 14.6. The van der Waals surface area contributed by atoms with Gasteiger partial charge in [0.05, 0.1) is 0 Å². The topological polar surface area (TPSA) is 35.6 Å². The number of urea groups is 1. The maximum absolute atomic E-state index is 12.5. The summed E-state index contributed by atoms with van der Waals surface area (Å²) in [4.78, 5) is 17.0. The molecule has 0 radical (unpaired) electrons. The second kappa shape index (κ2) is 8.21. The summed E-state index contributed by atoms with van der Waals surface area (Å²) in [5.41, 5.74) is 1.84. The number of halogens is 1. The molecule has 1 saturated carbocycles. The molecule has 1 aliphatic heterocycles. The van der Waals surface area contributed by atoms with E-state index in [1.54, 1.807) is 0 Å². The van der Waals surface area contributed by atoms with Crippen LogP contribution in [0.1, 0.15) is 44.1 Å². The molecule has 2 amide bonds. The average molecular weight is 350 g/mol. The second-order valence-corrected chi connectivity index (χ2v) is 7.49.